The molecule has 25 heavy (non-hydrogen) atoms. The monoisotopic (exact) mass is 347 g/mol. The third-order valence-electron chi connectivity index (χ3n) is 6.66. The van der Waals surface area contributed by atoms with Crippen LogP contribution in [0.15, 0.2) is 12.1 Å². The van der Waals surface area contributed by atoms with E-state index in [-0.39, 0.29) is 24.0 Å². The van der Waals surface area contributed by atoms with Crippen LogP contribution in [0.1, 0.15) is 50.7 Å². The Labute approximate surface area is 149 Å². The zero-order valence-electron chi connectivity index (χ0n) is 15.6. The molecule has 0 spiro atoms. The molecule has 1 aromatic rings. The summed E-state index contributed by atoms with van der Waals surface area (Å²) in [5, 5.41) is 22.8. The fraction of sp³-hybridized carbons (Fsp3) is 0.650. The number of benzene rings is 1. The molecular formula is C20H29NO4. The summed E-state index contributed by atoms with van der Waals surface area (Å²) >= 11 is 0. The number of Topliss-reactive ketones (excluding diaryl/α,β-unsaturated/α-hetero) is 1. The zero-order valence-corrected chi connectivity index (χ0v) is 15.6. The molecule has 2 fully saturated rings. The van der Waals surface area contributed by atoms with Crippen molar-refractivity contribution in [3.63, 3.8) is 0 Å². The number of piperidine rings is 1. The number of hydrogen-bond acceptors (Lipinski definition) is 5. The first-order valence-electron chi connectivity index (χ1n) is 9.14. The van der Waals surface area contributed by atoms with E-state index < -0.39 is 11.0 Å². The first-order chi connectivity index (χ1) is 11.8. The molecule has 3 unspecified atom stereocenters. The number of phenolic OH excluding ortho intramolecular Hbond substituents is 1. The number of hydrogen-bond donors (Lipinski definition) is 2. The van der Waals surface area contributed by atoms with E-state index >= 15 is 0 Å². The van der Waals surface area contributed by atoms with Gasteiger partial charge < -0.3 is 19.8 Å². The van der Waals surface area contributed by atoms with Gasteiger partial charge in [-0.15, -0.1) is 0 Å². The second kappa shape index (κ2) is 6.29. The van der Waals surface area contributed by atoms with Gasteiger partial charge in [0.2, 0.25) is 0 Å². The van der Waals surface area contributed by atoms with Crippen LogP contribution in [0, 0.1) is 0 Å². The van der Waals surface area contributed by atoms with Gasteiger partial charge in [0.1, 0.15) is 5.78 Å². The highest BCUT2D eigenvalue weighted by Gasteiger charge is 2.61. The molecule has 0 aromatic heterocycles. The van der Waals surface area contributed by atoms with Crippen LogP contribution in [0.4, 0.5) is 0 Å². The SMILES string of the molecule is CCc1ccc(OC)c(O)c1C12CCN(C)C(C)C1(O)CCC(=O)C2. The maximum Gasteiger partial charge on any atom is 0.161 e. The maximum atomic E-state index is 12.5. The van der Waals surface area contributed by atoms with E-state index in [4.69, 9.17) is 4.74 Å². The van der Waals surface area contributed by atoms with Crippen molar-refractivity contribution in [1.82, 2.24) is 4.90 Å². The minimum absolute atomic E-state index is 0.0757. The largest absolute Gasteiger partial charge is 0.504 e. The lowest BCUT2D eigenvalue weighted by Crippen LogP contribution is -2.69. The van der Waals surface area contributed by atoms with Gasteiger partial charge in [-0.3, -0.25) is 4.79 Å². The third kappa shape index (κ3) is 2.48. The van der Waals surface area contributed by atoms with Crippen LogP contribution in [0.3, 0.4) is 0 Å². The van der Waals surface area contributed by atoms with Crippen LogP contribution in [0.5, 0.6) is 11.5 Å². The summed E-state index contributed by atoms with van der Waals surface area (Å²) in [6.07, 6.45) is 2.46. The van der Waals surface area contributed by atoms with E-state index in [9.17, 15) is 15.0 Å². The van der Waals surface area contributed by atoms with Gasteiger partial charge in [-0.2, -0.15) is 0 Å². The van der Waals surface area contributed by atoms with Crippen LogP contribution in [0.2, 0.25) is 0 Å². The number of nitrogens with zero attached hydrogens (tertiary/aromatic N) is 1. The van der Waals surface area contributed by atoms with E-state index in [1.54, 1.807) is 6.07 Å². The molecule has 0 bridgehead atoms. The Morgan fingerprint density at radius 2 is 2.08 bits per heavy atom. The number of methoxy groups -OCH3 is 1. The summed E-state index contributed by atoms with van der Waals surface area (Å²) in [5.41, 5.74) is -0.132. The fourth-order valence-electron chi connectivity index (χ4n) is 5.02. The normalized spacial score (nSPS) is 33.2. The Kier molecular flexibility index (Phi) is 4.58. The zero-order chi connectivity index (χ0) is 18.4. The first-order valence-corrected chi connectivity index (χ1v) is 9.14. The highest BCUT2D eigenvalue weighted by Crippen LogP contribution is 2.57. The van der Waals surface area contributed by atoms with Gasteiger partial charge in [0.05, 0.1) is 12.7 Å². The lowest BCUT2D eigenvalue weighted by Gasteiger charge is -2.59. The molecule has 3 rings (SSSR count). The molecule has 1 aliphatic heterocycles. The maximum absolute atomic E-state index is 12.5. The summed E-state index contributed by atoms with van der Waals surface area (Å²) in [6, 6.07) is 3.62. The smallest absolute Gasteiger partial charge is 0.161 e. The second-order valence-corrected chi connectivity index (χ2v) is 7.63. The van der Waals surface area contributed by atoms with Crippen LogP contribution in [-0.4, -0.2) is 53.2 Å². The quantitative estimate of drug-likeness (QED) is 0.879. The predicted octanol–water partition coefficient (Wildman–Crippen LogP) is 2.41. The molecule has 1 heterocycles. The highest BCUT2D eigenvalue weighted by molar-refractivity contribution is 5.82. The average Bonchev–Trinajstić information content (AvgIpc) is 2.60. The summed E-state index contributed by atoms with van der Waals surface area (Å²) in [4.78, 5) is 14.6. The van der Waals surface area contributed by atoms with Crippen molar-refractivity contribution in [1.29, 1.82) is 0 Å². The van der Waals surface area contributed by atoms with Crippen molar-refractivity contribution < 1.29 is 19.7 Å². The minimum Gasteiger partial charge on any atom is -0.504 e. The second-order valence-electron chi connectivity index (χ2n) is 7.63. The fourth-order valence-corrected chi connectivity index (χ4v) is 5.02. The number of likely N-dealkylation sites (N-methyl/N-ethyl adjacent to an activating group) is 1. The number of aliphatic hydroxyl groups is 1. The summed E-state index contributed by atoms with van der Waals surface area (Å²) in [6.45, 7) is 4.83. The summed E-state index contributed by atoms with van der Waals surface area (Å²) in [5.74, 6) is 0.631. The number of carbonyl (C=O) groups is 1. The Hall–Kier alpha value is -1.59. The van der Waals surface area contributed by atoms with Crippen molar-refractivity contribution >= 4 is 5.78 Å². The number of aromatic hydroxyl groups is 1. The average molecular weight is 347 g/mol. The minimum atomic E-state index is -1.05. The molecule has 5 heteroatoms. The number of ether oxygens (including phenoxy) is 1. The summed E-state index contributed by atoms with van der Waals surface area (Å²) in [7, 11) is 3.53. The Morgan fingerprint density at radius 3 is 2.72 bits per heavy atom. The van der Waals surface area contributed by atoms with Gasteiger partial charge in [0, 0.05) is 29.9 Å². The number of likely N-dealkylation sites (tertiary alicyclic amines) is 1. The molecule has 0 radical (unpaired) electrons. The standard InChI is InChI=1S/C20H29NO4/c1-5-14-6-7-16(25-4)18(23)17(14)19-10-11-21(3)13(2)20(19,24)9-8-15(22)12-19/h6-7,13,23-24H,5,8-12H2,1-4H3. The highest BCUT2D eigenvalue weighted by atomic mass is 16.5. The van der Waals surface area contributed by atoms with Gasteiger partial charge in [0.25, 0.3) is 0 Å². The number of rotatable bonds is 3. The van der Waals surface area contributed by atoms with Gasteiger partial charge in [0.15, 0.2) is 11.5 Å². The first kappa shape index (κ1) is 18.2. The number of phenols is 1. The molecule has 0 amide bonds. The van der Waals surface area contributed by atoms with E-state index in [1.165, 1.54) is 7.11 Å². The van der Waals surface area contributed by atoms with Crippen molar-refractivity contribution in [3.05, 3.63) is 23.3 Å². The van der Waals surface area contributed by atoms with E-state index in [0.717, 1.165) is 18.5 Å². The lowest BCUT2D eigenvalue weighted by molar-refractivity contribution is -0.161. The molecular weight excluding hydrogens is 318 g/mol. The molecule has 1 aliphatic carbocycles. The Balaban J connectivity index is 2.29. The van der Waals surface area contributed by atoms with Gasteiger partial charge in [-0.25, -0.2) is 0 Å². The molecule has 5 nitrogen and oxygen atoms in total. The van der Waals surface area contributed by atoms with Crippen LogP contribution >= 0.6 is 0 Å². The van der Waals surface area contributed by atoms with Crippen LogP contribution in [-0.2, 0) is 16.6 Å². The van der Waals surface area contributed by atoms with Crippen molar-refractivity contribution in [2.24, 2.45) is 0 Å². The van der Waals surface area contributed by atoms with Gasteiger partial charge >= 0.3 is 0 Å². The van der Waals surface area contributed by atoms with Crippen molar-refractivity contribution in [2.75, 3.05) is 20.7 Å². The molecule has 138 valence electrons. The Bertz CT molecular complexity index is 689. The van der Waals surface area contributed by atoms with Crippen molar-refractivity contribution in [3.8, 4) is 11.5 Å². The Morgan fingerprint density at radius 1 is 1.36 bits per heavy atom. The molecule has 2 aliphatic rings. The number of aryl methyl sites for hydroxylation is 1. The van der Waals surface area contributed by atoms with Crippen LogP contribution in [0.25, 0.3) is 0 Å². The topological polar surface area (TPSA) is 70.0 Å². The predicted molar refractivity (Wildman–Crippen MR) is 96.2 cm³/mol. The lowest BCUT2D eigenvalue weighted by atomic mass is 9.53. The number of ketones is 1. The van der Waals surface area contributed by atoms with Crippen molar-refractivity contribution in [2.45, 2.75) is 63.0 Å². The molecule has 1 aromatic carbocycles. The molecule has 1 saturated carbocycles. The van der Waals surface area contributed by atoms with E-state index in [2.05, 4.69) is 4.90 Å². The number of fused-ring (bicyclic) bond motifs is 1. The van der Waals surface area contributed by atoms with E-state index in [0.29, 0.717) is 30.6 Å². The third-order valence-corrected chi connectivity index (χ3v) is 6.66. The van der Waals surface area contributed by atoms with Gasteiger partial charge in [-0.1, -0.05) is 13.0 Å². The van der Waals surface area contributed by atoms with E-state index in [1.807, 2.05) is 27.0 Å². The molecule has 2 N–H and O–H groups in total. The molecule has 1 saturated heterocycles. The summed E-state index contributed by atoms with van der Waals surface area (Å²) < 4.78 is 5.33. The van der Waals surface area contributed by atoms with Crippen LogP contribution < -0.4 is 4.74 Å². The number of carbonyl (C=O) groups excluding carboxylic acids is 1. The van der Waals surface area contributed by atoms with Gasteiger partial charge in [-0.05, 0) is 51.4 Å². The molecule has 3 atom stereocenters.